The first-order valence-electron chi connectivity index (χ1n) is 6.03. The van der Waals surface area contributed by atoms with Crippen LogP contribution < -0.4 is 15.4 Å². The topological polar surface area (TPSA) is 33.3 Å². The van der Waals surface area contributed by atoms with Crippen LogP contribution >= 0.6 is 0 Å². The maximum Gasteiger partial charge on any atom is 0.142 e. The third-order valence-corrected chi connectivity index (χ3v) is 2.79. The molecule has 1 unspecified atom stereocenters. The fraction of sp³-hybridized carbons (Fsp3) is 0.538. The van der Waals surface area contributed by atoms with Gasteiger partial charge in [-0.05, 0) is 44.1 Å². The quantitative estimate of drug-likeness (QED) is 0.762. The highest BCUT2D eigenvalue weighted by atomic mass is 16.5. The molecule has 1 aliphatic heterocycles. The third-order valence-electron chi connectivity index (χ3n) is 2.79. The number of benzene rings is 1. The van der Waals surface area contributed by atoms with E-state index in [1.165, 1.54) is 5.56 Å². The number of hydrogen-bond acceptors (Lipinski definition) is 3. The number of hydrogen-bond donors (Lipinski definition) is 2. The van der Waals surface area contributed by atoms with E-state index >= 15 is 0 Å². The first-order chi connectivity index (χ1) is 7.79. The van der Waals surface area contributed by atoms with Crippen molar-refractivity contribution in [3.8, 4) is 5.75 Å². The maximum absolute atomic E-state index is 5.73. The molecule has 0 saturated heterocycles. The Balaban J connectivity index is 2.02. The molecule has 1 heterocycles. The average molecular weight is 220 g/mol. The Labute approximate surface area is 97.2 Å². The van der Waals surface area contributed by atoms with Crippen molar-refractivity contribution >= 4 is 5.69 Å². The fourth-order valence-corrected chi connectivity index (χ4v) is 1.90. The first kappa shape index (κ1) is 11.3. The van der Waals surface area contributed by atoms with Gasteiger partial charge in [0.1, 0.15) is 11.9 Å². The number of fused-ring (bicyclic) bond motifs is 1. The van der Waals surface area contributed by atoms with Crippen LogP contribution in [-0.2, 0) is 6.42 Å². The molecule has 0 spiro atoms. The monoisotopic (exact) mass is 220 g/mol. The molecule has 0 fully saturated rings. The van der Waals surface area contributed by atoms with Crippen LogP contribution in [0, 0.1) is 0 Å². The van der Waals surface area contributed by atoms with Crippen molar-refractivity contribution in [1.29, 1.82) is 0 Å². The lowest BCUT2D eigenvalue weighted by atomic mass is 10.1. The Morgan fingerprint density at radius 3 is 3.19 bits per heavy atom. The lowest BCUT2D eigenvalue weighted by Gasteiger charge is -2.25. The second-order valence-corrected chi connectivity index (χ2v) is 4.24. The summed E-state index contributed by atoms with van der Waals surface area (Å²) < 4.78 is 5.73. The molecule has 1 atom stereocenters. The SMILES string of the molecule is CCNCCc1ccc2c(c1)NCC(C)O2. The zero-order valence-corrected chi connectivity index (χ0v) is 10.0. The minimum absolute atomic E-state index is 0.264. The number of nitrogens with one attached hydrogen (secondary N) is 2. The molecule has 88 valence electrons. The van der Waals surface area contributed by atoms with E-state index in [0.717, 1.165) is 37.5 Å². The summed E-state index contributed by atoms with van der Waals surface area (Å²) in [6, 6.07) is 6.41. The summed E-state index contributed by atoms with van der Waals surface area (Å²) in [6.45, 7) is 7.17. The van der Waals surface area contributed by atoms with Crippen molar-refractivity contribution in [3.63, 3.8) is 0 Å². The summed E-state index contributed by atoms with van der Waals surface area (Å²) in [5.74, 6) is 0.978. The highest BCUT2D eigenvalue weighted by Crippen LogP contribution is 2.29. The summed E-state index contributed by atoms with van der Waals surface area (Å²) >= 11 is 0. The molecular weight excluding hydrogens is 200 g/mol. The smallest absolute Gasteiger partial charge is 0.142 e. The van der Waals surface area contributed by atoms with Gasteiger partial charge in [0.15, 0.2) is 0 Å². The molecule has 3 nitrogen and oxygen atoms in total. The Morgan fingerprint density at radius 2 is 2.38 bits per heavy atom. The fourth-order valence-electron chi connectivity index (χ4n) is 1.90. The second kappa shape index (κ2) is 5.21. The summed E-state index contributed by atoms with van der Waals surface area (Å²) in [5, 5.41) is 6.73. The number of anilines is 1. The Kier molecular flexibility index (Phi) is 3.67. The van der Waals surface area contributed by atoms with E-state index in [-0.39, 0.29) is 6.10 Å². The van der Waals surface area contributed by atoms with Gasteiger partial charge >= 0.3 is 0 Å². The van der Waals surface area contributed by atoms with E-state index < -0.39 is 0 Å². The van der Waals surface area contributed by atoms with Gasteiger partial charge in [-0.1, -0.05) is 13.0 Å². The highest BCUT2D eigenvalue weighted by Gasteiger charge is 2.14. The van der Waals surface area contributed by atoms with E-state index in [1.54, 1.807) is 0 Å². The van der Waals surface area contributed by atoms with Gasteiger partial charge in [0.25, 0.3) is 0 Å². The average Bonchev–Trinajstić information content (AvgIpc) is 2.29. The molecular formula is C13H20N2O. The molecule has 2 N–H and O–H groups in total. The van der Waals surface area contributed by atoms with Crippen molar-refractivity contribution < 1.29 is 4.74 Å². The summed E-state index contributed by atoms with van der Waals surface area (Å²) in [4.78, 5) is 0. The summed E-state index contributed by atoms with van der Waals surface area (Å²) in [5.41, 5.74) is 2.48. The van der Waals surface area contributed by atoms with Crippen molar-refractivity contribution in [2.75, 3.05) is 25.0 Å². The lowest BCUT2D eigenvalue weighted by molar-refractivity contribution is 0.226. The molecule has 16 heavy (non-hydrogen) atoms. The van der Waals surface area contributed by atoms with E-state index in [2.05, 4.69) is 42.7 Å². The molecule has 0 bridgehead atoms. The summed E-state index contributed by atoms with van der Waals surface area (Å²) in [6.07, 6.45) is 1.33. The van der Waals surface area contributed by atoms with Crippen LogP contribution in [0.25, 0.3) is 0 Å². The molecule has 0 saturated carbocycles. The largest absolute Gasteiger partial charge is 0.487 e. The van der Waals surface area contributed by atoms with E-state index in [1.807, 2.05) is 0 Å². The predicted octanol–water partition coefficient (Wildman–Crippen LogP) is 2.03. The van der Waals surface area contributed by atoms with Crippen LogP contribution in [-0.4, -0.2) is 25.7 Å². The maximum atomic E-state index is 5.73. The van der Waals surface area contributed by atoms with Crippen LogP contribution in [0.3, 0.4) is 0 Å². The Morgan fingerprint density at radius 1 is 1.50 bits per heavy atom. The third kappa shape index (κ3) is 2.67. The minimum atomic E-state index is 0.264. The van der Waals surface area contributed by atoms with Gasteiger partial charge in [0, 0.05) is 0 Å². The zero-order valence-electron chi connectivity index (χ0n) is 10.0. The lowest BCUT2D eigenvalue weighted by Crippen LogP contribution is -2.27. The Hall–Kier alpha value is -1.22. The molecule has 0 amide bonds. The van der Waals surface area contributed by atoms with Crippen molar-refractivity contribution in [2.24, 2.45) is 0 Å². The van der Waals surface area contributed by atoms with E-state index in [0.29, 0.717) is 0 Å². The molecule has 2 rings (SSSR count). The molecule has 0 aromatic heterocycles. The highest BCUT2D eigenvalue weighted by molar-refractivity contribution is 5.59. The van der Waals surface area contributed by atoms with Crippen LogP contribution in [0.2, 0.25) is 0 Å². The summed E-state index contributed by atoms with van der Waals surface area (Å²) in [7, 11) is 0. The van der Waals surface area contributed by atoms with E-state index in [4.69, 9.17) is 4.74 Å². The van der Waals surface area contributed by atoms with Crippen molar-refractivity contribution in [3.05, 3.63) is 23.8 Å². The van der Waals surface area contributed by atoms with Gasteiger partial charge in [-0.25, -0.2) is 0 Å². The molecule has 0 radical (unpaired) electrons. The Bertz CT molecular complexity index is 352. The van der Waals surface area contributed by atoms with Crippen molar-refractivity contribution in [1.82, 2.24) is 5.32 Å². The first-order valence-corrected chi connectivity index (χ1v) is 6.03. The van der Waals surface area contributed by atoms with Gasteiger partial charge in [-0.2, -0.15) is 0 Å². The molecule has 3 heteroatoms. The second-order valence-electron chi connectivity index (χ2n) is 4.24. The van der Waals surface area contributed by atoms with Gasteiger partial charge in [0.05, 0.1) is 12.2 Å². The van der Waals surface area contributed by atoms with E-state index in [9.17, 15) is 0 Å². The van der Waals surface area contributed by atoms with Gasteiger partial charge in [-0.15, -0.1) is 0 Å². The standard InChI is InChI=1S/C13H20N2O/c1-3-14-7-6-11-4-5-13-12(8-11)15-9-10(2)16-13/h4-5,8,10,14-15H,3,6-7,9H2,1-2H3. The number of ether oxygens (including phenoxy) is 1. The molecule has 1 aromatic rings. The molecule has 1 aliphatic rings. The van der Waals surface area contributed by atoms with Crippen LogP contribution in [0.1, 0.15) is 19.4 Å². The van der Waals surface area contributed by atoms with Gasteiger partial charge < -0.3 is 15.4 Å². The van der Waals surface area contributed by atoms with Gasteiger partial charge in [-0.3, -0.25) is 0 Å². The number of rotatable bonds is 4. The molecule has 0 aliphatic carbocycles. The predicted molar refractivity (Wildman–Crippen MR) is 67.3 cm³/mol. The zero-order chi connectivity index (χ0) is 11.4. The normalized spacial score (nSPS) is 18.5. The van der Waals surface area contributed by atoms with Crippen LogP contribution in [0.4, 0.5) is 5.69 Å². The van der Waals surface area contributed by atoms with Crippen LogP contribution in [0.5, 0.6) is 5.75 Å². The van der Waals surface area contributed by atoms with Crippen LogP contribution in [0.15, 0.2) is 18.2 Å². The van der Waals surface area contributed by atoms with Gasteiger partial charge in [0.2, 0.25) is 0 Å². The molecule has 1 aromatic carbocycles. The minimum Gasteiger partial charge on any atom is -0.487 e. The van der Waals surface area contributed by atoms with Crippen molar-refractivity contribution in [2.45, 2.75) is 26.4 Å². The number of likely N-dealkylation sites (N-methyl/N-ethyl adjacent to an activating group) is 1.